The fourth-order valence-corrected chi connectivity index (χ4v) is 6.53. The molecule has 176 valence electrons. The number of anilines is 1. The molecule has 0 aromatic heterocycles. The van der Waals surface area contributed by atoms with E-state index in [0.717, 1.165) is 36.3 Å². The quantitative estimate of drug-likeness (QED) is 0.396. The Kier molecular flexibility index (Phi) is 5.99. The van der Waals surface area contributed by atoms with Crippen molar-refractivity contribution in [3.63, 3.8) is 0 Å². The fourth-order valence-electron chi connectivity index (χ4n) is 6.10. The van der Waals surface area contributed by atoms with Gasteiger partial charge in [0.25, 0.3) is 0 Å². The summed E-state index contributed by atoms with van der Waals surface area (Å²) in [5.74, 6) is 0.122. The molecule has 1 fully saturated rings. The Morgan fingerprint density at radius 3 is 2.44 bits per heavy atom. The summed E-state index contributed by atoms with van der Waals surface area (Å²) in [7, 11) is 1.65. The molecule has 0 amide bonds. The first-order valence-electron chi connectivity index (χ1n) is 11.6. The highest BCUT2D eigenvalue weighted by Crippen LogP contribution is 2.58. The van der Waals surface area contributed by atoms with Crippen LogP contribution in [0, 0.1) is 0 Å². The number of rotatable bonds is 5. The highest BCUT2D eigenvalue weighted by molar-refractivity contribution is 6.31. The molecular formula is C28H27Cl2NO3. The van der Waals surface area contributed by atoms with Gasteiger partial charge in [-0.05, 0) is 91.1 Å². The second kappa shape index (κ2) is 8.83. The van der Waals surface area contributed by atoms with E-state index in [4.69, 9.17) is 27.9 Å². The summed E-state index contributed by atoms with van der Waals surface area (Å²) in [5.41, 5.74) is 3.35. The molecule has 0 saturated heterocycles. The number of carbonyl (C=O) groups is 1. The van der Waals surface area contributed by atoms with Crippen LogP contribution in [0.3, 0.4) is 0 Å². The Balaban J connectivity index is 1.52. The Hall–Kier alpha value is -2.69. The van der Waals surface area contributed by atoms with E-state index in [2.05, 4.69) is 35.6 Å². The van der Waals surface area contributed by atoms with Crippen LogP contribution in [-0.4, -0.2) is 23.7 Å². The lowest BCUT2D eigenvalue weighted by atomic mass is 9.59. The van der Waals surface area contributed by atoms with Crippen LogP contribution in [0.15, 0.2) is 66.7 Å². The molecular weight excluding hydrogens is 469 g/mol. The predicted molar refractivity (Wildman–Crippen MR) is 136 cm³/mol. The van der Waals surface area contributed by atoms with Gasteiger partial charge in [0.05, 0.1) is 7.11 Å². The van der Waals surface area contributed by atoms with Crippen LogP contribution in [0.25, 0.3) is 0 Å². The largest absolute Gasteiger partial charge is 0.497 e. The molecule has 3 aromatic carbocycles. The first kappa shape index (κ1) is 23.1. The van der Waals surface area contributed by atoms with Gasteiger partial charge in [0, 0.05) is 21.1 Å². The molecule has 2 N–H and O–H groups in total. The predicted octanol–water partition coefficient (Wildman–Crippen LogP) is 7.09. The van der Waals surface area contributed by atoms with Crippen molar-refractivity contribution in [1.29, 1.82) is 0 Å². The van der Waals surface area contributed by atoms with Gasteiger partial charge in [-0.3, -0.25) is 0 Å². The van der Waals surface area contributed by atoms with Gasteiger partial charge in [-0.15, -0.1) is 0 Å². The second-order valence-electron chi connectivity index (χ2n) is 9.52. The van der Waals surface area contributed by atoms with Crippen molar-refractivity contribution < 1.29 is 14.6 Å². The highest BCUT2D eigenvalue weighted by atomic mass is 35.5. The fraction of sp³-hybridized carbons (Fsp3) is 0.321. The van der Waals surface area contributed by atoms with Gasteiger partial charge in [0.2, 0.25) is 0 Å². The second-order valence-corrected chi connectivity index (χ2v) is 10.4. The molecule has 0 heterocycles. The van der Waals surface area contributed by atoms with E-state index in [-0.39, 0.29) is 11.3 Å². The summed E-state index contributed by atoms with van der Waals surface area (Å²) in [6, 6.07) is 21.8. The van der Waals surface area contributed by atoms with E-state index >= 15 is 0 Å². The van der Waals surface area contributed by atoms with E-state index in [1.807, 2.05) is 24.3 Å². The lowest BCUT2D eigenvalue weighted by molar-refractivity contribution is -0.144. The van der Waals surface area contributed by atoms with Gasteiger partial charge in [-0.2, -0.15) is 0 Å². The Morgan fingerprint density at radius 2 is 1.74 bits per heavy atom. The van der Waals surface area contributed by atoms with Crippen LogP contribution in [0.1, 0.15) is 48.3 Å². The zero-order valence-corrected chi connectivity index (χ0v) is 20.5. The third kappa shape index (κ3) is 3.93. The SMILES string of the molecule is COc1cc(Cl)cc(C2Cc3ccccc3C23CCC(Nc2cccc(Cl)c2)(C(=O)O)CC3)c1. The van der Waals surface area contributed by atoms with Gasteiger partial charge >= 0.3 is 5.97 Å². The maximum atomic E-state index is 12.6. The zero-order valence-electron chi connectivity index (χ0n) is 19.0. The van der Waals surface area contributed by atoms with E-state index in [1.54, 1.807) is 19.2 Å². The lowest BCUT2D eigenvalue weighted by Crippen LogP contribution is -2.52. The minimum atomic E-state index is -1.04. The van der Waals surface area contributed by atoms with Crippen LogP contribution in [-0.2, 0) is 16.6 Å². The molecule has 5 rings (SSSR count). The van der Waals surface area contributed by atoms with Gasteiger partial charge in [0.1, 0.15) is 11.3 Å². The zero-order chi connectivity index (χ0) is 23.9. The van der Waals surface area contributed by atoms with Gasteiger partial charge in [-0.25, -0.2) is 4.79 Å². The van der Waals surface area contributed by atoms with Crippen molar-refractivity contribution in [3.05, 3.63) is 93.5 Å². The molecule has 1 saturated carbocycles. The summed E-state index contributed by atoms with van der Waals surface area (Å²) >= 11 is 12.6. The van der Waals surface area contributed by atoms with E-state index in [1.165, 1.54) is 11.1 Å². The minimum Gasteiger partial charge on any atom is -0.497 e. The molecule has 4 nitrogen and oxygen atoms in total. The normalized spacial score (nSPS) is 25.7. The van der Waals surface area contributed by atoms with Crippen LogP contribution >= 0.6 is 23.2 Å². The number of carboxylic acid groups (broad SMARTS) is 1. The lowest BCUT2D eigenvalue weighted by Gasteiger charge is -2.47. The van der Waals surface area contributed by atoms with Crippen molar-refractivity contribution >= 4 is 34.9 Å². The number of hydrogen-bond acceptors (Lipinski definition) is 3. The summed E-state index contributed by atoms with van der Waals surface area (Å²) in [6.07, 6.45) is 3.43. The molecule has 6 heteroatoms. The monoisotopic (exact) mass is 495 g/mol. The molecule has 3 aromatic rings. The minimum absolute atomic E-state index is 0.152. The van der Waals surface area contributed by atoms with Crippen LogP contribution in [0.4, 0.5) is 5.69 Å². The van der Waals surface area contributed by atoms with Gasteiger partial charge in [0.15, 0.2) is 0 Å². The Labute approximate surface area is 209 Å². The maximum absolute atomic E-state index is 12.6. The number of ether oxygens (including phenoxy) is 1. The van der Waals surface area contributed by atoms with Gasteiger partial charge in [-0.1, -0.05) is 53.5 Å². The van der Waals surface area contributed by atoms with E-state index in [0.29, 0.717) is 22.9 Å². The van der Waals surface area contributed by atoms with Crippen molar-refractivity contribution in [3.8, 4) is 5.75 Å². The highest BCUT2D eigenvalue weighted by Gasteiger charge is 2.54. The number of nitrogens with one attached hydrogen (secondary N) is 1. The molecule has 0 bridgehead atoms. The number of hydrogen-bond donors (Lipinski definition) is 2. The average molecular weight is 496 g/mol. The number of aliphatic carboxylic acids is 1. The number of halogens is 2. The number of methoxy groups -OCH3 is 1. The van der Waals surface area contributed by atoms with Crippen molar-refractivity contribution in [1.82, 2.24) is 0 Å². The molecule has 1 atom stereocenters. The average Bonchev–Trinajstić information content (AvgIpc) is 3.14. The maximum Gasteiger partial charge on any atom is 0.329 e. The topological polar surface area (TPSA) is 58.6 Å². The third-order valence-corrected chi connectivity index (χ3v) is 8.24. The molecule has 1 unspecified atom stereocenters. The molecule has 2 aliphatic rings. The smallest absolute Gasteiger partial charge is 0.329 e. The Bertz CT molecular complexity index is 1230. The Morgan fingerprint density at radius 1 is 0.971 bits per heavy atom. The summed E-state index contributed by atoms with van der Waals surface area (Å²) in [4.78, 5) is 12.6. The summed E-state index contributed by atoms with van der Waals surface area (Å²) in [5, 5.41) is 14.9. The molecule has 2 aliphatic carbocycles. The number of fused-ring (bicyclic) bond motifs is 2. The number of carboxylic acids is 1. The standard InChI is InChI=1S/C28H27Cl2NO3/c1-34-23-14-19(13-21(30)17-23)25-15-18-5-2-3-8-24(18)27(25)9-11-28(12-10-27,26(32)33)31-22-7-4-6-20(29)16-22/h2-8,13-14,16-17,25,31H,9-12,15H2,1H3,(H,32,33). The van der Waals surface area contributed by atoms with E-state index in [9.17, 15) is 9.90 Å². The van der Waals surface area contributed by atoms with Crippen LogP contribution < -0.4 is 10.1 Å². The molecule has 0 aliphatic heterocycles. The van der Waals surface area contributed by atoms with Crippen molar-refractivity contribution in [2.75, 3.05) is 12.4 Å². The van der Waals surface area contributed by atoms with Crippen molar-refractivity contribution in [2.45, 2.75) is 49.0 Å². The van der Waals surface area contributed by atoms with Gasteiger partial charge < -0.3 is 15.2 Å². The van der Waals surface area contributed by atoms with Crippen molar-refractivity contribution in [2.24, 2.45) is 0 Å². The van der Waals surface area contributed by atoms with Crippen LogP contribution in [0.2, 0.25) is 10.0 Å². The van der Waals surface area contributed by atoms with E-state index < -0.39 is 11.5 Å². The summed E-state index contributed by atoms with van der Waals surface area (Å²) < 4.78 is 5.51. The van der Waals surface area contributed by atoms with Crippen LogP contribution in [0.5, 0.6) is 5.75 Å². The molecule has 0 radical (unpaired) electrons. The first-order chi connectivity index (χ1) is 16.3. The third-order valence-electron chi connectivity index (χ3n) is 7.79. The summed E-state index contributed by atoms with van der Waals surface area (Å²) in [6.45, 7) is 0. The number of benzene rings is 3. The molecule has 34 heavy (non-hydrogen) atoms. The first-order valence-corrected chi connectivity index (χ1v) is 12.3. The molecule has 1 spiro atoms.